The molecule has 17 heavy (non-hydrogen) atoms. The number of nitrogens with zero attached hydrogens (tertiary/aromatic N) is 4. The Hall–Kier alpha value is -1.65. The van der Waals surface area contributed by atoms with Crippen molar-refractivity contribution < 1.29 is 0 Å². The molecule has 0 bridgehead atoms. The van der Waals surface area contributed by atoms with Crippen molar-refractivity contribution in [2.24, 2.45) is 11.8 Å². The number of nitrogens with two attached hydrogens (primary N) is 1. The molecule has 1 aliphatic carbocycles. The Balaban J connectivity index is 2.12. The van der Waals surface area contributed by atoms with E-state index in [4.69, 9.17) is 5.73 Å². The highest BCUT2D eigenvalue weighted by Crippen LogP contribution is 2.44. The van der Waals surface area contributed by atoms with Gasteiger partial charge in [0.15, 0.2) is 5.65 Å². The van der Waals surface area contributed by atoms with Gasteiger partial charge < -0.3 is 10.3 Å². The van der Waals surface area contributed by atoms with Gasteiger partial charge in [-0.2, -0.15) is 4.98 Å². The van der Waals surface area contributed by atoms with E-state index in [9.17, 15) is 0 Å². The molecule has 1 aliphatic rings. The first-order valence-electron chi connectivity index (χ1n) is 6.04. The summed E-state index contributed by atoms with van der Waals surface area (Å²) in [5.74, 6) is 1.78. The number of hydrogen-bond acceptors (Lipinski definition) is 4. The van der Waals surface area contributed by atoms with E-state index in [1.54, 1.807) is 0 Å². The lowest BCUT2D eigenvalue weighted by molar-refractivity contribution is 0.114. The van der Waals surface area contributed by atoms with Crippen LogP contribution in [0.5, 0.6) is 0 Å². The van der Waals surface area contributed by atoms with Crippen LogP contribution in [-0.2, 0) is 0 Å². The number of aromatic nitrogens is 4. The molecule has 0 amide bonds. The molecule has 1 saturated carbocycles. The van der Waals surface area contributed by atoms with Gasteiger partial charge in [-0.3, -0.25) is 0 Å². The highest BCUT2D eigenvalue weighted by molar-refractivity contribution is 5.74. The van der Waals surface area contributed by atoms with Gasteiger partial charge in [0, 0.05) is 6.04 Å². The number of rotatable bonds is 1. The highest BCUT2D eigenvalue weighted by atomic mass is 15.2. The predicted molar refractivity (Wildman–Crippen MR) is 66.5 cm³/mol. The maximum Gasteiger partial charge on any atom is 0.222 e. The van der Waals surface area contributed by atoms with E-state index in [2.05, 4.69) is 33.4 Å². The van der Waals surface area contributed by atoms with E-state index in [0.29, 0.717) is 17.9 Å². The molecule has 2 N–H and O–H groups in total. The fourth-order valence-corrected chi connectivity index (χ4v) is 2.68. The maximum absolute atomic E-state index is 5.71. The van der Waals surface area contributed by atoms with Gasteiger partial charge in [-0.25, -0.2) is 9.97 Å². The first-order valence-corrected chi connectivity index (χ1v) is 6.04. The number of nitrogen functional groups attached to an aromatic ring is 1. The van der Waals surface area contributed by atoms with Crippen molar-refractivity contribution in [3.63, 3.8) is 0 Å². The molecule has 3 atom stereocenters. The zero-order chi connectivity index (χ0) is 12.2. The third-order valence-electron chi connectivity index (χ3n) is 4.09. The zero-order valence-corrected chi connectivity index (χ0v) is 10.4. The molecule has 0 saturated heterocycles. The fraction of sp³-hybridized carbons (Fsp3) is 0.583. The minimum Gasteiger partial charge on any atom is -0.368 e. The summed E-state index contributed by atoms with van der Waals surface area (Å²) in [7, 11) is 0. The van der Waals surface area contributed by atoms with Crippen LogP contribution in [0.15, 0.2) is 6.33 Å². The third-order valence-corrected chi connectivity index (χ3v) is 4.09. The topological polar surface area (TPSA) is 69.6 Å². The Labute approximate surface area is 100 Å². The third kappa shape index (κ3) is 1.41. The molecule has 0 aliphatic heterocycles. The second-order valence-corrected chi connectivity index (χ2v) is 5.13. The number of anilines is 1. The molecule has 2 heterocycles. The zero-order valence-electron chi connectivity index (χ0n) is 10.4. The molecule has 2 aromatic rings. The summed E-state index contributed by atoms with van der Waals surface area (Å²) in [5.41, 5.74) is 8.30. The Morgan fingerprint density at radius 3 is 2.76 bits per heavy atom. The molecule has 0 spiro atoms. The Morgan fingerprint density at radius 1 is 1.35 bits per heavy atom. The summed E-state index contributed by atoms with van der Waals surface area (Å²) >= 11 is 0. The monoisotopic (exact) mass is 231 g/mol. The van der Waals surface area contributed by atoms with Crippen molar-refractivity contribution in [3.8, 4) is 0 Å². The van der Waals surface area contributed by atoms with Crippen molar-refractivity contribution in [3.05, 3.63) is 12.0 Å². The van der Waals surface area contributed by atoms with Crippen LogP contribution in [0, 0.1) is 18.8 Å². The van der Waals surface area contributed by atoms with Crippen LogP contribution >= 0.6 is 0 Å². The lowest BCUT2D eigenvalue weighted by Crippen LogP contribution is -2.34. The van der Waals surface area contributed by atoms with Gasteiger partial charge in [-0.15, -0.1) is 0 Å². The molecular formula is C12H17N5. The van der Waals surface area contributed by atoms with Crippen molar-refractivity contribution in [1.29, 1.82) is 0 Å². The molecule has 0 aromatic carbocycles. The standard InChI is InChI=1S/C12H17N5/c1-6-4-9(7(6)2)17-5-14-10-8(3)15-12(13)16-11(10)17/h5-7,9H,4H2,1-3H3,(H2,13,15,16). The Kier molecular flexibility index (Phi) is 2.11. The molecule has 2 aromatic heterocycles. The van der Waals surface area contributed by atoms with Crippen LogP contribution in [0.3, 0.4) is 0 Å². The second kappa shape index (κ2) is 3.42. The average Bonchev–Trinajstić information content (AvgIpc) is 2.69. The summed E-state index contributed by atoms with van der Waals surface area (Å²) < 4.78 is 2.16. The first-order chi connectivity index (χ1) is 8.08. The van der Waals surface area contributed by atoms with Crippen LogP contribution in [0.4, 0.5) is 5.95 Å². The van der Waals surface area contributed by atoms with Crippen molar-refractivity contribution >= 4 is 17.1 Å². The van der Waals surface area contributed by atoms with E-state index >= 15 is 0 Å². The van der Waals surface area contributed by atoms with Crippen LogP contribution < -0.4 is 5.73 Å². The predicted octanol–water partition coefficient (Wildman–Crippen LogP) is 1.93. The normalized spacial score (nSPS) is 28.3. The van der Waals surface area contributed by atoms with Gasteiger partial charge in [0.2, 0.25) is 5.95 Å². The van der Waals surface area contributed by atoms with E-state index in [0.717, 1.165) is 22.8 Å². The molecule has 90 valence electrons. The van der Waals surface area contributed by atoms with Crippen LogP contribution in [-0.4, -0.2) is 19.5 Å². The number of hydrogen-bond donors (Lipinski definition) is 1. The summed E-state index contributed by atoms with van der Waals surface area (Å²) in [6.07, 6.45) is 3.06. The van der Waals surface area contributed by atoms with Crippen molar-refractivity contribution in [2.75, 3.05) is 5.73 Å². The minimum atomic E-state index is 0.330. The van der Waals surface area contributed by atoms with Gasteiger partial charge in [0.1, 0.15) is 5.52 Å². The van der Waals surface area contributed by atoms with E-state index in [1.165, 1.54) is 6.42 Å². The second-order valence-electron chi connectivity index (χ2n) is 5.13. The average molecular weight is 231 g/mol. The summed E-state index contributed by atoms with van der Waals surface area (Å²) in [4.78, 5) is 12.9. The first kappa shape index (κ1) is 10.5. The van der Waals surface area contributed by atoms with Gasteiger partial charge in [0.05, 0.1) is 12.0 Å². The smallest absolute Gasteiger partial charge is 0.222 e. The Bertz CT molecular complexity index is 574. The van der Waals surface area contributed by atoms with Crippen LogP contribution in [0.25, 0.3) is 11.2 Å². The molecule has 3 unspecified atom stereocenters. The number of imidazole rings is 1. The lowest BCUT2D eigenvalue weighted by atomic mass is 9.71. The Morgan fingerprint density at radius 2 is 2.12 bits per heavy atom. The molecule has 5 nitrogen and oxygen atoms in total. The fourth-order valence-electron chi connectivity index (χ4n) is 2.68. The summed E-state index contributed by atoms with van der Waals surface area (Å²) in [5, 5.41) is 0. The molecule has 5 heteroatoms. The maximum atomic E-state index is 5.71. The van der Waals surface area contributed by atoms with E-state index < -0.39 is 0 Å². The lowest BCUT2D eigenvalue weighted by Gasteiger charge is -2.41. The van der Waals surface area contributed by atoms with E-state index in [1.807, 2.05) is 13.3 Å². The molecule has 3 rings (SSSR count). The van der Waals surface area contributed by atoms with Gasteiger partial charge in [0.25, 0.3) is 0 Å². The van der Waals surface area contributed by atoms with Gasteiger partial charge in [-0.05, 0) is 25.2 Å². The largest absolute Gasteiger partial charge is 0.368 e. The minimum absolute atomic E-state index is 0.330. The summed E-state index contributed by atoms with van der Waals surface area (Å²) in [6.45, 7) is 6.49. The molecular weight excluding hydrogens is 214 g/mol. The quantitative estimate of drug-likeness (QED) is 0.814. The highest BCUT2D eigenvalue weighted by Gasteiger charge is 2.36. The van der Waals surface area contributed by atoms with Crippen LogP contribution in [0.2, 0.25) is 0 Å². The molecule has 0 radical (unpaired) electrons. The summed E-state index contributed by atoms with van der Waals surface area (Å²) in [6, 6.07) is 0.503. The van der Waals surface area contributed by atoms with Gasteiger partial charge in [-0.1, -0.05) is 13.8 Å². The van der Waals surface area contributed by atoms with Crippen molar-refractivity contribution in [2.45, 2.75) is 33.2 Å². The number of fused-ring (bicyclic) bond motifs is 1. The number of aryl methyl sites for hydroxylation is 1. The van der Waals surface area contributed by atoms with Gasteiger partial charge >= 0.3 is 0 Å². The van der Waals surface area contributed by atoms with Crippen LogP contribution in [0.1, 0.15) is 32.0 Å². The van der Waals surface area contributed by atoms with Crippen molar-refractivity contribution in [1.82, 2.24) is 19.5 Å². The molecule has 1 fully saturated rings. The van der Waals surface area contributed by atoms with E-state index in [-0.39, 0.29) is 0 Å². The SMILES string of the molecule is Cc1nc(N)nc2c1ncn2C1CC(C)C1C.